The number of hydrogen-bond acceptors (Lipinski definition) is 3. The van der Waals surface area contributed by atoms with E-state index in [0.29, 0.717) is 29.3 Å². The molecule has 0 aliphatic rings. The summed E-state index contributed by atoms with van der Waals surface area (Å²) in [6.45, 7) is 4.67. The molecular formula is C19H21NO3. The molecule has 2 aromatic carbocycles. The quantitative estimate of drug-likeness (QED) is 0.800. The maximum absolute atomic E-state index is 12.3. The van der Waals surface area contributed by atoms with Crippen molar-refractivity contribution in [2.45, 2.75) is 13.8 Å². The Bertz CT molecular complexity index is 648. The summed E-state index contributed by atoms with van der Waals surface area (Å²) in [6, 6.07) is 15.9. The summed E-state index contributed by atoms with van der Waals surface area (Å²) < 4.78 is 5.42. The highest BCUT2D eigenvalue weighted by Gasteiger charge is 2.09. The normalized spacial score (nSPS) is 10.4. The lowest BCUT2D eigenvalue weighted by Gasteiger charge is -2.09. The van der Waals surface area contributed by atoms with Crippen molar-refractivity contribution in [1.82, 2.24) is 5.32 Å². The van der Waals surface area contributed by atoms with Gasteiger partial charge < -0.3 is 10.1 Å². The van der Waals surface area contributed by atoms with Crippen molar-refractivity contribution in [2.24, 2.45) is 5.92 Å². The Labute approximate surface area is 136 Å². The van der Waals surface area contributed by atoms with E-state index >= 15 is 0 Å². The van der Waals surface area contributed by atoms with Crippen LogP contribution in [0.5, 0.6) is 5.75 Å². The van der Waals surface area contributed by atoms with E-state index < -0.39 is 0 Å². The summed E-state index contributed by atoms with van der Waals surface area (Å²) in [5.41, 5.74) is 1.24. The Morgan fingerprint density at radius 3 is 2.17 bits per heavy atom. The Morgan fingerprint density at radius 1 is 0.957 bits per heavy atom. The van der Waals surface area contributed by atoms with Crippen molar-refractivity contribution >= 4 is 11.7 Å². The zero-order chi connectivity index (χ0) is 16.7. The van der Waals surface area contributed by atoms with Gasteiger partial charge in [-0.2, -0.15) is 0 Å². The Kier molecular flexibility index (Phi) is 5.92. The van der Waals surface area contributed by atoms with E-state index in [2.05, 4.69) is 5.32 Å². The van der Waals surface area contributed by atoms with Crippen LogP contribution in [0, 0.1) is 5.92 Å². The monoisotopic (exact) mass is 311 g/mol. The first-order valence-corrected chi connectivity index (χ1v) is 7.65. The number of carbonyl (C=O) groups is 2. The predicted octanol–water partition coefficient (Wildman–Crippen LogP) is 3.07. The first kappa shape index (κ1) is 16.7. The maximum Gasteiger partial charge on any atom is 0.257 e. The molecule has 0 radical (unpaired) electrons. The third-order valence-electron chi connectivity index (χ3n) is 3.23. The largest absolute Gasteiger partial charge is 0.484 e. The Hall–Kier alpha value is -2.62. The van der Waals surface area contributed by atoms with Gasteiger partial charge in [0.25, 0.3) is 5.91 Å². The number of nitrogens with one attached hydrogen (secondary N) is 1. The van der Waals surface area contributed by atoms with Crippen LogP contribution in [0.2, 0.25) is 0 Å². The van der Waals surface area contributed by atoms with Crippen molar-refractivity contribution < 1.29 is 14.3 Å². The van der Waals surface area contributed by atoms with E-state index in [-0.39, 0.29) is 18.3 Å². The molecule has 2 rings (SSSR count). The molecule has 0 atom stereocenters. The standard InChI is InChI=1S/C19H21NO3/c1-14(2)12-20-18(21)13-23-17-10-8-16(9-11-17)19(22)15-6-4-3-5-7-15/h3-11,14H,12-13H2,1-2H3,(H,20,21). The molecule has 23 heavy (non-hydrogen) atoms. The van der Waals surface area contributed by atoms with Gasteiger partial charge in [0.1, 0.15) is 5.75 Å². The molecule has 0 unspecified atom stereocenters. The summed E-state index contributed by atoms with van der Waals surface area (Å²) in [6.07, 6.45) is 0. The van der Waals surface area contributed by atoms with Crippen molar-refractivity contribution in [2.75, 3.05) is 13.2 Å². The van der Waals surface area contributed by atoms with E-state index in [1.54, 1.807) is 36.4 Å². The lowest BCUT2D eigenvalue weighted by atomic mass is 10.0. The molecule has 1 N–H and O–H groups in total. The van der Waals surface area contributed by atoms with Gasteiger partial charge in [-0.1, -0.05) is 44.2 Å². The second-order valence-corrected chi connectivity index (χ2v) is 5.71. The van der Waals surface area contributed by atoms with Crippen LogP contribution in [0.15, 0.2) is 54.6 Å². The molecule has 0 bridgehead atoms. The molecule has 0 saturated heterocycles. The van der Waals surface area contributed by atoms with Gasteiger partial charge >= 0.3 is 0 Å². The minimum Gasteiger partial charge on any atom is -0.484 e. The summed E-state index contributed by atoms with van der Waals surface area (Å²) in [4.78, 5) is 23.9. The molecule has 2 aromatic rings. The first-order valence-electron chi connectivity index (χ1n) is 7.65. The summed E-state index contributed by atoms with van der Waals surface area (Å²) >= 11 is 0. The van der Waals surface area contributed by atoms with E-state index in [4.69, 9.17) is 4.74 Å². The van der Waals surface area contributed by atoms with E-state index in [1.165, 1.54) is 0 Å². The molecule has 0 aliphatic heterocycles. The molecule has 4 nitrogen and oxygen atoms in total. The van der Waals surface area contributed by atoms with E-state index in [1.807, 2.05) is 32.0 Å². The SMILES string of the molecule is CC(C)CNC(=O)COc1ccc(C(=O)c2ccccc2)cc1. The molecule has 4 heteroatoms. The lowest BCUT2D eigenvalue weighted by Crippen LogP contribution is -2.31. The maximum atomic E-state index is 12.3. The van der Waals surface area contributed by atoms with Gasteiger partial charge in [-0.3, -0.25) is 9.59 Å². The van der Waals surface area contributed by atoms with Gasteiger partial charge in [0.2, 0.25) is 0 Å². The zero-order valence-corrected chi connectivity index (χ0v) is 13.4. The topological polar surface area (TPSA) is 55.4 Å². The van der Waals surface area contributed by atoms with Crippen LogP contribution >= 0.6 is 0 Å². The van der Waals surface area contributed by atoms with E-state index in [9.17, 15) is 9.59 Å². The number of amides is 1. The molecule has 0 saturated carbocycles. The highest BCUT2D eigenvalue weighted by Crippen LogP contribution is 2.15. The number of carbonyl (C=O) groups excluding carboxylic acids is 2. The lowest BCUT2D eigenvalue weighted by molar-refractivity contribution is -0.123. The molecule has 0 aromatic heterocycles. The van der Waals surface area contributed by atoms with Gasteiger partial charge in [-0.05, 0) is 30.2 Å². The molecule has 0 fully saturated rings. The van der Waals surface area contributed by atoms with Crippen LogP contribution < -0.4 is 10.1 Å². The first-order chi connectivity index (χ1) is 11.1. The van der Waals surface area contributed by atoms with Gasteiger partial charge in [-0.25, -0.2) is 0 Å². The van der Waals surface area contributed by atoms with Crippen LogP contribution in [0.1, 0.15) is 29.8 Å². The molecular weight excluding hydrogens is 290 g/mol. The molecule has 0 aliphatic carbocycles. The number of hydrogen-bond donors (Lipinski definition) is 1. The van der Waals surface area contributed by atoms with Crippen molar-refractivity contribution in [1.29, 1.82) is 0 Å². The summed E-state index contributed by atoms with van der Waals surface area (Å²) in [7, 11) is 0. The van der Waals surface area contributed by atoms with Crippen LogP contribution in [0.25, 0.3) is 0 Å². The highest BCUT2D eigenvalue weighted by atomic mass is 16.5. The fraction of sp³-hybridized carbons (Fsp3) is 0.263. The van der Waals surface area contributed by atoms with Crippen molar-refractivity contribution in [3.63, 3.8) is 0 Å². The van der Waals surface area contributed by atoms with Gasteiger partial charge in [0, 0.05) is 17.7 Å². The second kappa shape index (κ2) is 8.13. The number of ether oxygens (including phenoxy) is 1. The van der Waals surface area contributed by atoms with Gasteiger partial charge in [0.05, 0.1) is 0 Å². The fourth-order valence-electron chi connectivity index (χ4n) is 1.98. The fourth-order valence-corrected chi connectivity index (χ4v) is 1.98. The minimum absolute atomic E-state index is 0.0291. The van der Waals surface area contributed by atoms with Crippen LogP contribution in [0.4, 0.5) is 0 Å². The average Bonchev–Trinajstić information content (AvgIpc) is 2.58. The molecule has 0 spiro atoms. The summed E-state index contributed by atoms with van der Waals surface area (Å²) in [5.74, 6) is 0.784. The smallest absolute Gasteiger partial charge is 0.257 e. The van der Waals surface area contributed by atoms with Gasteiger partial charge in [0.15, 0.2) is 12.4 Å². The zero-order valence-electron chi connectivity index (χ0n) is 13.4. The minimum atomic E-state index is -0.150. The number of rotatable bonds is 7. The molecule has 1 amide bonds. The average molecular weight is 311 g/mol. The van der Waals surface area contributed by atoms with Crippen LogP contribution in [-0.4, -0.2) is 24.8 Å². The second-order valence-electron chi connectivity index (χ2n) is 5.71. The Morgan fingerprint density at radius 2 is 1.57 bits per heavy atom. The predicted molar refractivity (Wildman–Crippen MR) is 89.7 cm³/mol. The van der Waals surface area contributed by atoms with Gasteiger partial charge in [-0.15, -0.1) is 0 Å². The van der Waals surface area contributed by atoms with Crippen molar-refractivity contribution in [3.8, 4) is 5.75 Å². The Balaban J connectivity index is 1.90. The van der Waals surface area contributed by atoms with Crippen molar-refractivity contribution in [3.05, 3.63) is 65.7 Å². The third-order valence-corrected chi connectivity index (χ3v) is 3.23. The summed E-state index contributed by atoms with van der Waals surface area (Å²) in [5, 5.41) is 2.79. The third kappa shape index (κ3) is 5.25. The van der Waals surface area contributed by atoms with Crippen LogP contribution in [0.3, 0.4) is 0 Å². The van der Waals surface area contributed by atoms with E-state index in [0.717, 1.165) is 0 Å². The van der Waals surface area contributed by atoms with Crippen LogP contribution in [-0.2, 0) is 4.79 Å². The molecule has 120 valence electrons. The highest BCUT2D eigenvalue weighted by molar-refractivity contribution is 6.08. The molecule has 0 heterocycles. The number of ketones is 1. The number of benzene rings is 2.